The van der Waals surface area contributed by atoms with Crippen LogP contribution in [-0.4, -0.2) is 71.6 Å². The van der Waals surface area contributed by atoms with Gasteiger partial charge in [0.05, 0.1) is 12.6 Å². The highest BCUT2D eigenvalue weighted by molar-refractivity contribution is 5.81. The van der Waals surface area contributed by atoms with Crippen LogP contribution in [-0.2, 0) is 9.59 Å². The third-order valence-electron chi connectivity index (χ3n) is 3.62. The summed E-state index contributed by atoms with van der Waals surface area (Å²) >= 11 is 0. The molecule has 2 aliphatic rings. The van der Waals surface area contributed by atoms with Gasteiger partial charge in [0.1, 0.15) is 0 Å². The van der Waals surface area contributed by atoms with Gasteiger partial charge in [0.15, 0.2) is 0 Å². The highest BCUT2D eigenvalue weighted by atomic mass is 16.4. The second-order valence-corrected chi connectivity index (χ2v) is 5.16. The van der Waals surface area contributed by atoms with Crippen LogP contribution in [0, 0.1) is 0 Å². The van der Waals surface area contributed by atoms with E-state index in [1.54, 1.807) is 0 Å². The molecule has 1 amide bonds. The topological polar surface area (TPSA) is 72.9 Å². The number of hydrogen-bond acceptors (Lipinski definition) is 4. The van der Waals surface area contributed by atoms with Crippen molar-refractivity contribution in [1.82, 2.24) is 15.1 Å². The first-order chi connectivity index (χ1) is 8.56. The average Bonchev–Trinajstić information content (AvgIpc) is 3.12. The molecule has 102 valence electrons. The van der Waals surface area contributed by atoms with Crippen molar-refractivity contribution in [2.75, 3.05) is 32.7 Å². The minimum atomic E-state index is -0.789. The molecule has 0 aromatic carbocycles. The molecular weight excluding hydrogens is 234 g/mol. The minimum Gasteiger partial charge on any atom is -0.480 e. The van der Waals surface area contributed by atoms with E-state index in [4.69, 9.17) is 5.11 Å². The van der Waals surface area contributed by atoms with E-state index in [2.05, 4.69) is 10.2 Å². The van der Waals surface area contributed by atoms with Crippen LogP contribution < -0.4 is 5.32 Å². The summed E-state index contributed by atoms with van der Waals surface area (Å²) < 4.78 is 0. The van der Waals surface area contributed by atoms with Crippen molar-refractivity contribution < 1.29 is 14.7 Å². The van der Waals surface area contributed by atoms with Gasteiger partial charge in [-0.3, -0.25) is 19.4 Å². The highest BCUT2D eigenvalue weighted by Gasteiger charge is 2.30. The van der Waals surface area contributed by atoms with Crippen LogP contribution in [0.15, 0.2) is 0 Å². The van der Waals surface area contributed by atoms with Crippen molar-refractivity contribution >= 4 is 11.9 Å². The lowest BCUT2D eigenvalue weighted by Gasteiger charge is -2.36. The number of carboxylic acid groups (broad SMARTS) is 1. The quantitative estimate of drug-likeness (QED) is 0.683. The van der Waals surface area contributed by atoms with Crippen molar-refractivity contribution in [3.63, 3.8) is 0 Å². The SMILES string of the molecule is CC(C(=O)NC1CC1)N1CCN(CC(=O)O)CC1. The summed E-state index contributed by atoms with van der Waals surface area (Å²) in [7, 11) is 0. The van der Waals surface area contributed by atoms with E-state index in [0.717, 1.165) is 25.9 Å². The van der Waals surface area contributed by atoms with Crippen LogP contribution >= 0.6 is 0 Å². The van der Waals surface area contributed by atoms with Crippen molar-refractivity contribution in [1.29, 1.82) is 0 Å². The molecule has 6 nitrogen and oxygen atoms in total. The Balaban J connectivity index is 1.74. The first-order valence-electron chi connectivity index (χ1n) is 6.55. The zero-order chi connectivity index (χ0) is 13.1. The zero-order valence-corrected chi connectivity index (χ0v) is 10.8. The minimum absolute atomic E-state index is 0.0937. The Morgan fingerprint density at radius 3 is 2.39 bits per heavy atom. The van der Waals surface area contributed by atoms with Gasteiger partial charge in [0.25, 0.3) is 0 Å². The number of piperazine rings is 1. The lowest BCUT2D eigenvalue weighted by atomic mass is 10.2. The highest BCUT2D eigenvalue weighted by Crippen LogP contribution is 2.19. The Kier molecular flexibility index (Phi) is 4.19. The molecule has 0 aromatic rings. The molecule has 1 atom stereocenters. The van der Waals surface area contributed by atoms with Gasteiger partial charge in [0.2, 0.25) is 5.91 Å². The predicted molar refractivity (Wildman–Crippen MR) is 66.3 cm³/mol. The standard InChI is InChI=1S/C12H21N3O3/c1-9(12(18)13-10-2-3-10)15-6-4-14(5-7-15)8-11(16)17/h9-10H,2-8H2,1H3,(H,13,18)(H,16,17). The number of nitrogens with one attached hydrogen (secondary N) is 1. The lowest BCUT2D eigenvalue weighted by Crippen LogP contribution is -2.54. The average molecular weight is 255 g/mol. The molecule has 2 N–H and O–H groups in total. The number of amides is 1. The number of carboxylic acids is 1. The molecule has 2 fully saturated rings. The number of hydrogen-bond donors (Lipinski definition) is 2. The Morgan fingerprint density at radius 2 is 1.89 bits per heavy atom. The monoisotopic (exact) mass is 255 g/mol. The lowest BCUT2D eigenvalue weighted by molar-refractivity contribution is -0.139. The molecule has 1 heterocycles. The molecule has 1 unspecified atom stereocenters. The molecule has 0 radical (unpaired) electrons. The molecule has 2 rings (SSSR count). The fourth-order valence-electron chi connectivity index (χ4n) is 2.22. The van der Waals surface area contributed by atoms with E-state index in [0.29, 0.717) is 19.1 Å². The van der Waals surface area contributed by atoms with E-state index < -0.39 is 5.97 Å². The summed E-state index contributed by atoms with van der Waals surface area (Å²) in [5.41, 5.74) is 0. The smallest absolute Gasteiger partial charge is 0.317 e. The van der Waals surface area contributed by atoms with E-state index in [-0.39, 0.29) is 18.5 Å². The maximum absolute atomic E-state index is 11.9. The molecule has 6 heteroatoms. The van der Waals surface area contributed by atoms with Crippen molar-refractivity contribution in [2.24, 2.45) is 0 Å². The summed E-state index contributed by atoms with van der Waals surface area (Å²) in [4.78, 5) is 26.5. The Labute approximate surface area is 107 Å². The predicted octanol–water partition coefficient (Wildman–Crippen LogP) is -0.644. The van der Waals surface area contributed by atoms with Gasteiger partial charge in [-0.15, -0.1) is 0 Å². The van der Waals surface area contributed by atoms with E-state index in [9.17, 15) is 9.59 Å². The maximum atomic E-state index is 11.9. The summed E-state index contributed by atoms with van der Waals surface area (Å²) in [5.74, 6) is -0.688. The number of aliphatic carboxylic acids is 1. The Morgan fingerprint density at radius 1 is 1.28 bits per heavy atom. The molecule has 1 aliphatic heterocycles. The van der Waals surface area contributed by atoms with Crippen LogP contribution in [0.3, 0.4) is 0 Å². The van der Waals surface area contributed by atoms with Gasteiger partial charge in [-0.05, 0) is 19.8 Å². The summed E-state index contributed by atoms with van der Waals surface area (Å²) in [6.07, 6.45) is 2.20. The van der Waals surface area contributed by atoms with Crippen LogP contribution in [0.25, 0.3) is 0 Å². The number of carbonyl (C=O) groups is 2. The van der Waals surface area contributed by atoms with E-state index >= 15 is 0 Å². The van der Waals surface area contributed by atoms with Crippen LogP contribution in [0.1, 0.15) is 19.8 Å². The van der Waals surface area contributed by atoms with E-state index in [1.807, 2.05) is 11.8 Å². The zero-order valence-electron chi connectivity index (χ0n) is 10.8. The molecule has 0 bridgehead atoms. The maximum Gasteiger partial charge on any atom is 0.317 e. The molecule has 18 heavy (non-hydrogen) atoms. The largest absolute Gasteiger partial charge is 0.480 e. The second kappa shape index (κ2) is 5.67. The third-order valence-corrected chi connectivity index (χ3v) is 3.62. The van der Waals surface area contributed by atoms with Gasteiger partial charge < -0.3 is 10.4 Å². The molecular formula is C12H21N3O3. The van der Waals surface area contributed by atoms with Crippen LogP contribution in [0.2, 0.25) is 0 Å². The number of carbonyl (C=O) groups excluding carboxylic acids is 1. The Hall–Kier alpha value is -1.14. The Bertz CT molecular complexity index is 323. The van der Waals surface area contributed by atoms with Crippen LogP contribution in [0.4, 0.5) is 0 Å². The van der Waals surface area contributed by atoms with Gasteiger partial charge in [-0.25, -0.2) is 0 Å². The molecule has 1 saturated carbocycles. The van der Waals surface area contributed by atoms with Crippen molar-refractivity contribution in [2.45, 2.75) is 31.8 Å². The third kappa shape index (κ3) is 3.68. The summed E-state index contributed by atoms with van der Waals surface area (Å²) in [6, 6.07) is 0.283. The van der Waals surface area contributed by atoms with Crippen molar-refractivity contribution in [3.05, 3.63) is 0 Å². The van der Waals surface area contributed by atoms with Gasteiger partial charge in [0, 0.05) is 32.2 Å². The fraction of sp³-hybridized carbons (Fsp3) is 0.833. The van der Waals surface area contributed by atoms with E-state index in [1.165, 1.54) is 0 Å². The summed E-state index contributed by atoms with van der Waals surface area (Å²) in [6.45, 7) is 4.96. The van der Waals surface area contributed by atoms with Crippen LogP contribution in [0.5, 0.6) is 0 Å². The fourth-order valence-corrected chi connectivity index (χ4v) is 2.22. The first-order valence-corrected chi connectivity index (χ1v) is 6.55. The second-order valence-electron chi connectivity index (χ2n) is 5.16. The molecule has 1 aliphatic carbocycles. The molecule has 0 spiro atoms. The van der Waals surface area contributed by atoms with Gasteiger partial charge in [-0.2, -0.15) is 0 Å². The first kappa shape index (κ1) is 13.3. The number of rotatable bonds is 5. The molecule has 1 saturated heterocycles. The van der Waals surface area contributed by atoms with Crippen molar-refractivity contribution in [3.8, 4) is 0 Å². The number of nitrogens with zero attached hydrogens (tertiary/aromatic N) is 2. The normalized spacial score (nSPS) is 23.6. The molecule has 0 aromatic heterocycles. The van der Waals surface area contributed by atoms with Gasteiger partial charge >= 0.3 is 5.97 Å². The summed E-state index contributed by atoms with van der Waals surface area (Å²) in [5, 5.41) is 11.7. The van der Waals surface area contributed by atoms with Gasteiger partial charge in [-0.1, -0.05) is 0 Å².